The van der Waals surface area contributed by atoms with Crippen LogP contribution in [0.25, 0.3) is 0 Å². The minimum Gasteiger partial charge on any atom is -0.317 e. The minimum absolute atomic E-state index is 0.480. The number of hydrogen-bond acceptors (Lipinski definition) is 3. The molecule has 0 aliphatic carbocycles. The lowest BCUT2D eigenvalue weighted by atomic mass is 9.95. The zero-order chi connectivity index (χ0) is 17.1. The Morgan fingerprint density at radius 3 is 2.46 bits per heavy atom. The maximum atomic E-state index is 3.55. The lowest BCUT2D eigenvalue weighted by Gasteiger charge is -2.51. The van der Waals surface area contributed by atoms with E-state index in [0.717, 1.165) is 10.5 Å². The molecule has 1 N–H and O–H groups in total. The van der Waals surface area contributed by atoms with Gasteiger partial charge in [-0.25, -0.2) is 0 Å². The standard InChI is InChI=1S/C20H32BrN3/c1-4-19-14-23(20-9-11-22-12-10-20)13-15(2)24(19)16(3)17-5-7-18(21)8-6-17/h5-8,15-16,19-20,22H,4,9-14H2,1-3H3/t15-,16+,19?/m1/s1. The number of rotatable bonds is 4. The lowest BCUT2D eigenvalue weighted by Crippen LogP contribution is -2.61. The third-order valence-electron chi connectivity index (χ3n) is 5.97. The Labute approximate surface area is 155 Å². The van der Waals surface area contributed by atoms with Crippen molar-refractivity contribution in [3.63, 3.8) is 0 Å². The van der Waals surface area contributed by atoms with E-state index in [1.54, 1.807) is 0 Å². The SMILES string of the molecule is CCC1CN(C2CCNCC2)C[C@@H](C)N1[C@@H](C)c1ccc(Br)cc1. The van der Waals surface area contributed by atoms with Gasteiger partial charge in [0.15, 0.2) is 0 Å². The molecule has 2 aliphatic rings. The van der Waals surface area contributed by atoms with E-state index < -0.39 is 0 Å². The molecule has 0 amide bonds. The summed E-state index contributed by atoms with van der Waals surface area (Å²) in [7, 11) is 0. The summed E-state index contributed by atoms with van der Waals surface area (Å²) >= 11 is 3.55. The van der Waals surface area contributed by atoms with Gasteiger partial charge in [0.1, 0.15) is 0 Å². The number of benzene rings is 1. The smallest absolute Gasteiger partial charge is 0.0326 e. The third kappa shape index (κ3) is 4.04. The molecule has 3 nitrogen and oxygen atoms in total. The van der Waals surface area contributed by atoms with E-state index in [4.69, 9.17) is 0 Å². The Morgan fingerprint density at radius 2 is 1.83 bits per heavy atom. The number of piperidine rings is 1. The van der Waals surface area contributed by atoms with Gasteiger partial charge >= 0.3 is 0 Å². The van der Waals surface area contributed by atoms with Crippen LogP contribution in [0, 0.1) is 0 Å². The van der Waals surface area contributed by atoms with Crippen molar-refractivity contribution in [2.75, 3.05) is 26.2 Å². The highest BCUT2D eigenvalue weighted by molar-refractivity contribution is 9.10. The first-order valence-electron chi connectivity index (χ1n) is 9.57. The largest absolute Gasteiger partial charge is 0.317 e. The molecule has 24 heavy (non-hydrogen) atoms. The first-order valence-corrected chi connectivity index (χ1v) is 10.4. The number of nitrogens with zero attached hydrogens (tertiary/aromatic N) is 2. The highest BCUT2D eigenvalue weighted by Crippen LogP contribution is 2.32. The maximum absolute atomic E-state index is 3.55. The predicted octanol–water partition coefficient (Wildman–Crippen LogP) is 4.05. The van der Waals surface area contributed by atoms with Crippen molar-refractivity contribution in [2.45, 2.75) is 64.2 Å². The summed E-state index contributed by atoms with van der Waals surface area (Å²) in [4.78, 5) is 5.55. The van der Waals surface area contributed by atoms with Gasteiger partial charge in [-0.05, 0) is 63.9 Å². The molecule has 1 aromatic rings. The van der Waals surface area contributed by atoms with Gasteiger partial charge in [-0.15, -0.1) is 0 Å². The van der Waals surface area contributed by atoms with E-state index in [0.29, 0.717) is 18.1 Å². The molecule has 2 aliphatic heterocycles. The fourth-order valence-electron chi connectivity index (χ4n) is 4.65. The fourth-order valence-corrected chi connectivity index (χ4v) is 4.92. The van der Waals surface area contributed by atoms with Crippen molar-refractivity contribution in [2.24, 2.45) is 0 Å². The second-order valence-corrected chi connectivity index (χ2v) is 8.44. The van der Waals surface area contributed by atoms with Gasteiger partial charge in [0.25, 0.3) is 0 Å². The van der Waals surface area contributed by atoms with Crippen LogP contribution >= 0.6 is 15.9 Å². The summed E-state index contributed by atoms with van der Waals surface area (Å²) in [5.74, 6) is 0. The van der Waals surface area contributed by atoms with Crippen LogP contribution in [0.2, 0.25) is 0 Å². The molecular formula is C20H32BrN3. The fraction of sp³-hybridized carbons (Fsp3) is 0.700. The van der Waals surface area contributed by atoms with Crippen LogP contribution in [0.15, 0.2) is 28.7 Å². The quantitative estimate of drug-likeness (QED) is 0.832. The second kappa shape index (κ2) is 8.31. The topological polar surface area (TPSA) is 18.5 Å². The predicted molar refractivity (Wildman–Crippen MR) is 105 cm³/mol. The van der Waals surface area contributed by atoms with Crippen molar-refractivity contribution < 1.29 is 0 Å². The van der Waals surface area contributed by atoms with Crippen molar-refractivity contribution in [1.82, 2.24) is 15.1 Å². The van der Waals surface area contributed by atoms with E-state index >= 15 is 0 Å². The van der Waals surface area contributed by atoms with Crippen LogP contribution in [-0.2, 0) is 0 Å². The van der Waals surface area contributed by atoms with E-state index in [1.165, 1.54) is 51.0 Å². The van der Waals surface area contributed by atoms with Gasteiger partial charge in [0.2, 0.25) is 0 Å². The average Bonchev–Trinajstić information content (AvgIpc) is 2.61. The first kappa shape index (κ1) is 18.4. The Morgan fingerprint density at radius 1 is 1.17 bits per heavy atom. The van der Waals surface area contributed by atoms with Crippen molar-refractivity contribution in [1.29, 1.82) is 0 Å². The van der Waals surface area contributed by atoms with Crippen LogP contribution in [0.1, 0.15) is 51.6 Å². The van der Waals surface area contributed by atoms with E-state index in [2.05, 4.69) is 76.1 Å². The monoisotopic (exact) mass is 393 g/mol. The summed E-state index contributed by atoms with van der Waals surface area (Å²) in [5, 5.41) is 3.50. The average molecular weight is 394 g/mol. The number of nitrogens with one attached hydrogen (secondary N) is 1. The summed E-state index contributed by atoms with van der Waals surface area (Å²) in [6.45, 7) is 12.0. The number of halogens is 1. The Kier molecular flexibility index (Phi) is 6.36. The van der Waals surface area contributed by atoms with Crippen LogP contribution in [0.3, 0.4) is 0 Å². The van der Waals surface area contributed by atoms with E-state index in [1.807, 2.05) is 0 Å². The molecular weight excluding hydrogens is 362 g/mol. The molecule has 2 fully saturated rings. The van der Waals surface area contributed by atoms with Gasteiger partial charge in [0, 0.05) is 41.7 Å². The van der Waals surface area contributed by atoms with Crippen LogP contribution in [-0.4, -0.2) is 54.1 Å². The van der Waals surface area contributed by atoms with Crippen molar-refractivity contribution in [3.05, 3.63) is 34.3 Å². The molecule has 1 unspecified atom stereocenters. The van der Waals surface area contributed by atoms with Gasteiger partial charge in [-0.1, -0.05) is 35.0 Å². The van der Waals surface area contributed by atoms with E-state index in [-0.39, 0.29) is 0 Å². The van der Waals surface area contributed by atoms with Gasteiger partial charge in [0.05, 0.1) is 0 Å². The molecule has 4 heteroatoms. The zero-order valence-electron chi connectivity index (χ0n) is 15.3. The Bertz CT molecular complexity index is 512. The van der Waals surface area contributed by atoms with Gasteiger partial charge < -0.3 is 5.32 Å². The van der Waals surface area contributed by atoms with Crippen LogP contribution in [0.5, 0.6) is 0 Å². The molecule has 0 bridgehead atoms. The van der Waals surface area contributed by atoms with Gasteiger partial charge in [-0.2, -0.15) is 0 Å². The highest BCUT2D eigenvalue weighted by atomic mass is 79.9. The molecule has 3 atom stereocenters. The Hall–Kier alpha value is -0.420. The van der Waals surface area contributed by atoms with Crippen LogP contribution in [0.4, 0.5) is 0 Å². The molecule has 134 valence electrons. The molecule has 3 rings (SSSR count). The molecule has 0 aromatic heterocycles. The van der Waals surface area contributed by atoms with Crippen molar-refractivity contribution >= 4 is 15.9 Å². The second-order valence-electron chi connectivity index (χ2n) is 7.52. The molecule has 1 aromatic carbocycles. The molecule has 0 saturated carbocycles. The normalized spacial score (nSPS) is 28.8. The van der Waals surface area contributed by atoms with E-state index in [9.17, 15) is 0 Å². The summed E-state index contributed by atoms with van der Waals surface area (Å²) in [5.41, 5.74) is 1.43. The summed E-state index contributed by atoms with van der Waals surface area (Å²) < 4.78 is 1.16. The van der Waals surface area contributed by atoms with Crippen molar-refractivity contribution in [3.8, 4) is 0 Å². The molecule has 2 saturated heterocycles. The number of hydrogen-bond donors (Lipinski definition) is 1. The number of piperazine rings is 1. The third-order valence-corrected chi connectivity index (χ3v) is 6.50. The maximum Gasteiger partial charge on any atom is 0.0326 e. The summed E-state index contributed by atoms with van der Waals surface area (Å²) in [6, 6.07) is 11.4. The van der Waals surface area contributed by atoms with Crippen LogP contribution < -0.4 is 5.32 Å². The summed E-state index contributed by atoms with van der Waals surface area (Å²) in [6.07, 6.45) is 3.85. The van der Waals surface area contributed by atoms with Gasteiger partial charge in [-0.3, -0.25) is 9.80 Å². The molecule has 0 radical (unpaired) electrons. The highest BCUT2D eigenvalue weighted by Gasteiger charge is 2.37. The first-order chi connectivity index (χ1) is 11.6. The zero-order valence-corrected chi connectivity index (χ0v) is 16.9. The Balaban J connectivity index is 1.72. The molecule has 2 heterocycles. The lowest BCUT2D eigenvalue weighted by molar-refractivity contribution is -0.0208. The molecule has 0 spiro atoms. The minimum atomic E-state index is 0.480.